The van der Waals surface area contributed by atoms with Crippen LogP contribution < -0.4 is 75.6 Å². The van der Waals surface area contributed by atoms with E-state index in [9.17, 15) is 31.1 Å². The minimum absolute atomic E-state index is 0.0250. The van der Waals surface area contributed by atoms with Crippen LogP contribution in [-0.2, 0) is 0 Å². The largest absolute Gasteiger partial charge is 0.495 e. The van der Waals surface area contributed by atoms with Crippen LogP contribution in [0.1, 0.15) is 0 Å². The van der Waals surface area contributed by atoms with Crippen LogP contribution in [0.25, 0.3) is 0 Å². The van der Waals surface area contributed by atoms with Gasteiger partial charge in [0.05, 0.1) is 69.6 Å². The molecule has 0 aliphatic carbocycles. The van der Waals surface area contributed by atoms with Crippen LogP contribution in [0, 0.1) is 47.0 Å². The molecule has 26 nitrogen and oxygen atoms in total. The maximum absolute atomic E-state index is 14.7. The molecule has 5 aromatic carbocycles. The highest BCUT2D eigenvalue weighted by Gasteiger charge is 2.57. The number of piperidine rings is 6. The summed E-state index contributed by atoms with van der Waals surface area (Å²) >= 11 is 30.1. The van der Waals surface area contributed by atoms with Crippen LogP contribution in [0.4, 0.5) is 100 Å². The van der Waals surface area contributed by atoms with Crippen molar-refractivity contribution in [3.8, 4) is 35.0 Å². The molecule has 6 atom stereocenters. The smallest absolute Gasteiger partial charge is 0.327 e. The van der Waals surface area contributed by atoms with Gasteiger partial charge in [0.25, 0.3) is 24.0 Å². The number of benzene rings is 5. The number of nitrogens with zero attached hydrogens (tertiary/aromatic N) is 14. The Hall–Kier alpha value is -9.59. The van der Waals surface area contributed by atoms with E-state index in [-0.39, 0.29) is 43.0 Å². The molecule has 600 valence electrons. The minimum Gasteiger partial charge on any atom is -0.495 e. The standard InChI is InChI=1S/C28H31Cl2F2N7O3.C19H24F2N6.C14H19F2N3.C9H7Cl2NO3.C5H6ClN3/c1-37-11-16-13-39(14-17(12-37)28(16,31)32)19-7-5-18(6-8-19)35-22-10-23(34-15-33-22)38(2)27(40)36-26-24(29)20(41-3)9-21(42-4)25(26)30;1-22-17-7-18(24-12-23-17)25-15-3-5-16(6-4-15)27-10-13-8-26(2)9-14(11-27)19(13,20)21;1-18-6-10-8-19(9-11(7-18)14(10,15)16)13-4-2-12(17)3-5-13;1-13-5-3-6(14-2)8(11)9(7(5)10)15-4-12;1-7-5-2-4(6)8-3-9-5/h5-10,15-17H,11-14H2,1-4H3,(H,36,40)(H,33,34,35);3-7,12-14H,8-11H2,1-2H3,(H2,22,23,24,25);2-5,10-11H,6-9,17H2,1H3;3H,1-2H3;2-3H,1H3,(H,7,8,9). The monoisotopic (exact) mass is 1650 g/mol. The van der Waals surface area contributed by atoms with Crippen molar-refractivity contribution < 1.29 is 54.8 Å². The van der Waals surface area contributed by atoms with Crippen molar-refractivity contribution >= 4 is 133 Å². The summed E-state index contributed by atoms with van der Waals surface area (Å²) < 4.78 is 112. The van der Waals surface area contributed by atoms with Crippen LogP contribution in [0.3, 0.4) is 0 Å². The molecule has 112 heavy (non-hydrogen) atoms. The van der Waals surface area contributed by atoms with E-state index < -0.39 is 59.3 Å². The molecule has 0 spiro atoms. The molecule has 2 amide bonds. The van der Waals surface area contributed by atoms with Crippen LogP contribution >= 0.6 is 58.0 Å². The number of fused-ring (bicyclic) bond motifs is 6. The number of amides is 2. The Balaban J connectivity index is 0.000000163. The summed E-state index contributed by atoms with van der Waals surface area (Å²) in [5, 5.41) is 24.3. The summed E-state index contributed by atoms with van der Waals surface area (Å²) in [5.74, 6) is -7.39. The number of likely N-dealkylation sites (tertiary alicyclic amines) is 3. The van der Waals surface area contributed by atoms with Crippen molar-refractivity contribution in [1.82, 2.24) is 44.6 Å². The van der Waals surface area contributed by atoms with Gasteiger partial charge in [0.2, 0.25) is 0 Å². The minimum atomic E-state index is -2.64. The van der Waals surface area contributed by atoms with E-state index in [2.05, 4.69) is 71.0 Å². The van der Waals surface area contributed by atoms with Crippen molar-refractivity contribution in [2.75, 3.05) is 201 Å². The fraction of sp³-hybridized carbons (Fsp3) is 0.413. The van der Waals surface area contributed by atoms with Gasteiger partial charge >= 0.3 is 6.03 Å². The van der Waals surface area contributed by atoms with E-state index in [4.69, 9.17) is 87.9 Å². The lowest BCUT2D eigenvalue weighted by Crippen LogP contribution is -2.63. The number of halogens is 11. The Labute approximate surface area is 670 Å². The second kappa shape index (κ2) is 37.4. The van der Waals surface area contributed by atoms with Gasteiger partial charge in [0, 0.05) is 164 Å². The number of carbonyl (C=O) groups excluding carboxylic acids is 1. The van der Waals surface area contributed by atoms with Crippen molar-refractivity contribution in [3.05, 3.63) is 147 Å². The number of ether oxygens (including phenoxy) is 5. The molecule has 14 rings (SSSR count). The third kappa shape index (κ3) is 20.2. The third-order valence-electron chi connectivity index (χ3n) is 20.0. The van der Waals surface area contributed by atoms with Crippen molar-refractivity contribution in [3.63, 3.8) is 0 Å². The number of rotatable bonds is 16. The number of hydrogen-bond acceptors (Lipinski definition) is 24. The van der Waals surface area contributed by atoms with Gasteiger partial charge in [-0.2, -0.15) is 0 Å². The topological polar surface area (TPSA) is 273 Å². The van der Waals surface area contributed by atoms with Crippen LogP contribution in [-0.4, -0.2) is 218 Å². The molecule has 6 fully saturated rings. The molecule has 0 saturated carbocycles. The molecular formula is C75H87Cl5F6N20O6. The number of urea groups is 1. The molecule has 3 aromatic heterocycles. The molecule has 6 aliphatic rings. The predicted molar refractivity (Wildman–Crippen MR) is 428 cm³/mol. The molecule has 6 aliphatic heterocycles. The highest BCUT2D eigenvalue weighted by Crippen LogP contribution is 2.49. The normalized spacial score (nSPS) is 20.4. The second-order valence-electron chi connectivity index (χ2n) is 27.5. The fourth-order valence-electron chi connectivity index (χ4n) is 14.2. The number of carbonyl (C=O) groups is 1. The quantitative estimate of drug-likeness (QED) is 0.0227. The lowest BCUT2D eigenvalue weighted by atomic mass is 9.80. The number of nitrogens with two attached hydrogens (primary N) is 1. The predicted octanol–water partition coefficient (Wildman–Crippen LogP) is 14.7. The van der Waals surface area contributed by atoms with E-state index in [0.717, 1.165) is 40.1 Å². The Kier molecular flexibility index (Phi) is 28.3. The Morgan fingerprint density at radius 1 is 0.482 bits per heavy atom. The van der Waals surface area contributed by atoms with Crippen LogP contribution in [0.15, 0.2) is 122 Å². The van der Waals surface area contributed by atoms with E-state index in [1.807, 2.05) is 120 Å². The van der Waals surface area contributed by atoms with Gasteiger partial charge in [-0.3, -0.25) is 4.90 Å². The molecular weight excluding hydrogens is 1570 g/mol. The first kappa shape index (κ1) is 84.9. The summed E-state index contributed by atoms with van der Waals surface area (Å²) in [6.07, 6.45) is 5.72. The first-order valence-electron chi connectivity index (χ1n) is 35.2. The molecule has 6 bridgehead atoms. The number of aromatic nitrogens is 6. The molecule has 6 unspecified atom stereocenters. The van der Waals surface area contributed by atoms with E-state index >= 15 is 0 Å². The zero-order chi connectivity index (χ0) is 80.9. The molecule has 8 aromatic rings. The maximum Gasteiger partial charge on any atom is 0.327 e. The average molecular weight is 1660 g/mol. The summed E-state index contributed by atoms with van der Waals surface area (Å²) in [4.78, 5) is 50.9. The molecule has 37 heteroatoms. The highest BCUT2D eigenvalue weighted by molar-refractivity contribution is 6.42. The third-order valence-corrected chi connectivity index (χ3v) is 21.6. The molecule has 7 N–H and O–H groups in total. The first-order valence-corrected chi connectivity index (χ1v) is 37.1. The second-order valence-corrected chi connectivity index (χ2v) is 29.4. The summed E-state index contributed by atoms with van der Waals surface area (Å²) in [7, 11) is 16.6. The van der Waals surface area contributed by atoms with Gasteiger partial charge < -0.3 is 85.4 Å². The zero-order valence-electron chi connectivity index (χ0n) is 62.9. The van der Waals surface area contributed by atoms with Gasteiger partial charge in [0.1, 0.15) is 96.3 Å². The number of alkyl halides is 6. The fourth-order valence-corrected chi connectivity index (χ4v) is 15.5. The molecule has 6 saturated heterocycles. The van der Waals surface area contributed by atoms with Gasteiger partial charge in [0.15, 0.2) is 5.75 Å². The van der Waals surface area contributed by atoms with Crippen molar-refractivity contribution in [1.29, 1.82) is 5.26 Å². The van der Waals surface area contributed by atoms with Gasteiger partial charge in [-0.05, 0) is 93.9 Å². The SMILES string of the molecule is CN1CC2CN(c3ccc(N)cc3)CC(C1)C2(F)F.CNc1cc(Cl)ncn1.CNc1cc(Nc2ccc(N3CC4CN(C)CC(C3)C4(F)F)cc2)ncn1.COc1cc(OC)c(Cl)c(NC(=O)N(C)c2cc(Nc3ccc(N4CC5CN(C)CC(C4)C5(F)F)cc3)ncn2)c1Cl.COc1cc(OC)c(Cl)c(OC#N)c1Cl. The Bertz CT molecular complexity index is 4450. The number of hydrogen-bond donors (Lipinski definition) is 6. The molecule has 0 radical (unpaired) electrons. The lowest BCUT2D eigenvalue weighted by Gasteiger charge is -2.50. The Morgan fingerprint density at radius 3 is 1.16 bits per heavy atom. The maximum atomic E-state index is 14.7. The van der Waals surface area contributed by atoms with Crippen LogP contribution in [0.5, 0.6) is 28.7 Å². The van der Waals surface area contributed by atoms with E-state index in [1.54, 1.807) is 26.2 Å². The number of anilines is 12. The summed E-state index contributed by atoms with van der Waals surface area (Å²) in [5.41, 5.74) is 11.0. The van der Waals surface area contributed by atoms with Gasteiger partial charge in [-0.15, -0.1) is 5.26 Å². The number of nitrogens with one attached hydrogen (secondary N) is 5. The Morgan fingerprint density at radius 2 is 0.812 bits per heavy atom. The summed E-state index contributed by atoms with van der Waals surface area (Å²) in [6.45, 7) is 4.82. The first-order chi connectivity index (χ1) is 53.4. The number of methoxy groups -OCH3 is 4. The zero-order valence-corrected chi connectivity index (χ0v) is 66.7. The van der Waals surface area contributed by atoms with Gasteiger partial charge in [-0.25, -0.2) is 61.0 Å². The summed E-state index contributed by atoms with van der Waals surface area (Å²) in [6, 6.07) is 30.4. The lowest BCUT2D eigenvalue weighted by molar-refractivity contribution is -0.153. The average Bonchev–Trinajstić information content (AvgIpc) is 0.773. The van der Waals surface area contributed by atoms with Gasteiger partial charge in [-0.1, -0.05) is 58.0 Å². The highest BCUT2D eigenvalue weighted by atomic mass is 35.5. The van der Waals surface area contributed by atoms with Crippen LogP contribution in [0.2, 0.25) is 25.2 Å². The number of nitrogen functional groups attached to an aromatic ring is 1. The van der Waals surface area contributed by atoms with Crippen molar-refractivity contribution in [2.24, 2.45) is 35.5 Å². The molecule has 9 heterocycles. The van der Waals surface area contributed by atoms with E-state index in [1.165, 1.54) is 77.8 Å². The number of nitriles is 1. The van der Waals surface area contributed by atoms with Crippen molar-refractivity contribution in [2.45, 2.75) is 17.8 Å². The van der Waals surface area contributed by atoms with E-state index in [0.29, 0.717) is 118 Å².